The summed E-state index contributed by atoms with van der Waals surface area (Å²) in [6, 6.07) is 2.14. The number of hydrogen-bond donors (Lipinski definition) is 1. The van der Waals surface area contributed by atoms with Crippen LogP contribution in [0, 0.1) is 0 Å². The van der Waals surface area contributed by atoms with Gasteiger partial charge in [-0.3, -0.25) is 4.68 Å². The second kappa shape index (κ2) is 8.30. The van der Waals surface area contributed by atoms with Crippen LogP contribution in [0.1, 0.15) is 64.3 Å². The lowest BCUT2D eigenvalue weighted by molar-refractivity contribution is 0.158. The van der Waals surface area contributed by atoms with Crippen LogP contribution in [-0.4, -0.2) is 21.0 Å². The van der Waals surface area contributed by atoms with E-state index in [1.165, 1.54) is 25.0 Å². The van der Waals surface area contributed by atoms with Crippen LogP contribution < -0.4 is 0 Å². The standard InChI is InChI=1S/C15H28N2O/c1-4-7-8-9-10-15(18)12-14-11-13(5-2)16-17(14)6-3/h11,15,18H,4-10,12H2,1-3H3. The van der Waals surface area contributed by atoms with Crippen LogP contribution in [0.2, 0.25) is 0 Å². The highest BCUT2D eigenvalue weighted by Crippen LogP contribution is 2.12. The third-order valence-corrected chi connectivity index (χ3v) is 3.41. The summed E-state index contributed by atoms with van der Waals surface area (Å²) < 4.78 is 2.02. The Morgan fingerprint density at radius 2 is 2.00 bits per heavy atom. The van der Waals surface area contributed by atoms with Crippen molar-refractivity contribution >= 4 is 0 Å². The SMILES string of the molecule is CCCCCCC(O)Cc1cc(CC)nn1CC. The number of unbranched alkanes of at least 4 members (excludes halogenated alkanes) is 3. The summed E-state index contributed by atoms with van der Waals surface area (Å²) in [6.07, 6.45) is 7.30. The summed E-state index contributed by atoms with van der Waals surface area (Å²) in [6.45, 7) is 7.32. The average Bonchev–Trinajstić information content (AvgIpc) is 2.77. The summed E-state index contributed by atoms with van der Waals surface area (Å²) in [5.74, 6) is 0. The van der Waals surface area contributed by atoms with Crippen LogP contribution in [0.4, 0.5) is 0 Å². The van der Waals surface area contributed by atoms with Crippen molar-refractivity contribution in [2.24, 2.45) is 0 Å². The van der Waals surface area contributed by atoms with Crippen LogP contribution in [0.25, 0.3) is 0 Å². The van der Waals surface area contributed by atoms with Gasteiger partial charge in [-0.1, -0.05) is 39.5 Å². The summed E-state index contributed by atoms with van der Waals surface area (Å²) in [4.78, 5) is 0. The number of aromatic nitrogens is 2. The van der Waals surface area contributed by atoms with Crippen LogP contribution in [0.15, 0.2) is 6.07 Å². The quantitative estimate of drug-likeness (QED) is 0.684. The Kier molecular flexibility index (Phi) is 7.02. The van der Waals surface area contributed by atoms with Gasteiger partial charge in [0.25, 0.3) is 0 Å². The molecule has 0 spiro atoms. The molecular weight excluding hydrogens is 224 g/mol. The molecule has 104 valence electrons. The van der Waals surface area contributed by atoms with Gasteiger partial charge in [0.1, 0.15) is 0 Å². The Bertz CT molecular complexity index is 333. The van der Waals surface area contributed by atoms with Crippen molar-refractivity contribution in [1.82, 2.24) is 9.78 Å². The van der Waals surface area contributed by atoms with Gasteiger partial charge in [0.2, 0.25) is 0 Å². The van der Waals surface area contributed by atoms with Crippen molar-refractivity contribution in [3.05, 3.63) is 17.5 Å². The minimum atomic E-state index is -0.214. The fourth-order valence-corrected chi connectivity index (χ4v) is 2.28. The fraction of sp³-hybridized carbons (Fsp3) is 0.800. The maximum Gasteiger partial charge on any atom is 0.0624 e. The lowest BCUT2D eigenvalue weighted by Gasteiger charge is -2.11. The van der Waals surface area contributed by atoms with E-state index >= 15 is 0 Å². The molecule has 0 aliphatic heterocycles. The smallest absolute Gasteiger partial charge is 0.0624 e. The van der Waals surface area contributed by atoms with Crippen LogP contribution in [0.5, 0.6) is 0 Å². The van der Waals surface area contributed by atoms with E-state index in [1.54, 1.807) is 0 Å². The lowest BCUT2D eigenvalue weighted by Crippen LogP contribution is -2.14. The van der Waals surface area contributed by atoms with E-state index in [0.29, 0.717) is 0 Å². The topological polar surface area (TPSA) is 38.1 Å². The predicted molar refractivity (Wildman–Crippen MR) is 75.7 cm³/mol. The first-order valence-corrected chi connectivity index (χ1v) is 7.44. The second-order valence-electron chi connectivity index (χ2n) is 5.00. The van der Waals surface area contributed by atoms with Gasteiger partial charge in [0, 0.05) is 18.7 Å². The van der Waals surface area contributed by atoms with Crippen molar-refractivity contribution in [2.75, 3.05) is 0 Å². The zero-order valence-corrected chi connectivity index (χ0v) is 12.2. The molecule has 1 unspecified atom stereocenters. The molecule has 1 aromatic heterocycles. The third-order valence-electron chi connectivity index (χ3n) is 3.41. The molecule has 0 bridgehead atoms. The van der Waals surface area contributed by atoms with Crippen molar-refractivity contribution in [2.45, 2.75) is 78.4 Å². The molecule has 0 saturated carbocycles. The van der Waals surface area contributed by atoms with Gasteiger partial charge >= 0.3 is 0 Å². The van der Waals surface area contributed by atoms with E-state index < -0.39 is 0 Å². The number of hydrogen-bond acceptors (Lipinski definition) is 2. The highest BCUT2D eigenvalue weighted by atomic mass is 16.3. The summed E-state index contributed by atoms with van der Waals surface area (Å²) in [7, 11) is 0. The molecule has 1 atom stereocenters. The Hall–Kier alpha value is -0.830. The first-order chi connectivity index (χ1) is 8.71. The first kappa shape index (κ1) is 15.2. The molecule has 1 N–H and O–H groups in total. The minimum Gasteiger partial charge on any atom is -0.393 e. The molecule has 0 aliphatic carbocycles. The zero-order valence-electron chi connectivity index (χ0n) is 12.2. The number of rotatable bonds is 9. The monoisotopic (exact) mass is 252 g/mol. The van der Waals surface area contributed by atoms with E-state index in [9.17, 15) is 5.11 Å². The minimum absolute atomic E-state index is 0.214. The predicted octanol–water partition coefficient (Wildman–Crippen LogP) is 3.34. The highest BCUT2D eigenvalue weighted by molar-refractivity contribution is 5.11. The van der Waals surface area contributed by atoms with Gasteiger partial charge in [-0.05, 0) is 25.8 Å². The molecular formula is C15H28N2O. The van der Waals surface area contributed by atoms with Gasteiger partial charge in [0.15, 0.2) is 0 Å². The fourth-order valence-electron chi connectivity index (χ4n) is 2.28. The Balaban J connectivity index is 2.42. The molecule has 0 aromatic carbocycles. The van der Waals surface area contributed by atoms with E-state index in [1.807, 2.05) is 4.68 Å². The second-order valence-corrected chi connectivity index (χ2v) is 5.00. The molecule has 3 heteroatoms. The molecule has 1 aromatic rings. The Morgan fingerprint density at radius 1 is 1.22 bits per heavy atom. The Labute approximate surface area is 111 Å². The van der Waals surface area contributed by atoms with E-state index in [4.69, 9.17) is 0 Å². The van der Waals surface area contributed by atoms with Crippen molar-refractivity contribution in [3.8, 4) is 0 Å². The Morgan fingerprint density at radius 3 is 2.61 bits per heavy atom. The zero-order chi connectivity index (χ0) is 13.4. The van der Waals surface area contributed by atoms with Crippen LogP contribution in [0.3, 0.4) is 0 Å². The molecule has 0 radical (unpaired) electrons. The van der Waals surface area contributed by atoms with Gasteiger partial charge in [-0.25, -0.2) is 0 Å². The molecule has 0 fully saturated rings. The lowest BCUT2D eigenvalue weighted by atomic mass is 10.1. The van der Waals surface area contributed by atoms with E-state index in [2.05, 4.69) is 31.9 Å². The maximum atomic E-state index is 10.1. The van der Waals surface area contributed by atoms with Gasteiger partial charge in [-0.15, -0.1) is 0 Å². The molecule has 18 heavy (non-hydrogen) atoms. The summed E-state index contributed by atoms with van der Waals surface area (Å²) >= 11 is 0. The average molecular weight is 252 g/mol. The summed E-state index contributed by atoms with van der Waals surface area (Å²) in [5, 5.41) is 14.6. The number of nitrogens with zero attached hydrogens (tertiary/aromatic N) is 2. The van der Waals surface area contributed by atoms with E-state index in [0.717, 1.165) is 37.9 Å². The van der Waals surface area contributed by atoms with E-state index in [-0.39, 0.29) is 6.10 Å². The van der Waals surface area contributed by atoms with Crippen molar-refractivity contribution in [3.63, 3.8) is 0 Å². The number of aliphatic hydroxyl groups excluding tert-OH is 1. The molecule has 0 amide bonds. The highest BCUT2D eigenvalue weighted by Gasteiger charge is 2.11. The van der Waals surface area contributed by atoms with Gasteiger partial charge in [-0.2, -0.15) is 5.10 Å². The number of aryl methyl sites for hydroxylation is 2. The van der Waals surface area contributed by atoms with Crippen molar-refractivity contribution in [1.29, 1.82) is 0 Å². The summed E-state index contributed by atoms with van der Waals surface area (Å²) in [5.41, 5.74) is 2.31. The van der Waals surface area contributed by atoms with Gasteiger partial charge < -0.3 is 5.11 Å². The molecule has 1 rings (SSSR count). The largest absolute Gasteiger partial charge is 0.393 e. The third kappa shape index (κ3) is 4.81. The molecule has 1 heterocycles. The normalized spacial score (nSPS) is 12.9. The first-order valence-electron chi connectivity index (χ1n) is 7.44. The van der Waals surface area contributed by atoms with Crippen LogP contribution in [-0.2, 0) is 19.4 Å². The number of aliphatic hydroxyl groups is 1. The van der Waals surface area contributed by atoms with Crippen LogP contribution >= 0.6 is 0 Å². The van der Waals surface area contributed by atoms with Gasteiger partial charge in [0.05, 0.1) is 11.8 Å². The maximum absolute atomic E-state index is 10.1. The molecule has 0 aliphatic rings. The molecule has 3 nitrogen and oxygen atoms in total. The molecule has 0 saturated heterocycles. The van der Waals surface area contributed by atoms with Crippen molar-refractivity contribution < 1.29 is 5.11 Å².